The Bertz CT molecular complexity index is 921. The molecule has 0 aliphatic rings. The van der Waals surface area contributed by atoms with Gasteiger partial charge in [-0.15, -0.1) is 0 Å². The molecule has 0 unspecified atom stereocenters. The van der Waals surface area contributed by atoms with Gasteiger partial charge in [0.25, 0.3) is 0 Å². The Kier molecular flexibility index (Phi) is 26.3. The Morgan fingerprint density at radius 1 is 0.800 bits per heavy atom. The third-order valence-electron chi connectivity index (χ3n) is 5.11. The molecule has 0 aromatic heterocycles. The molecule has 6 nitrogen and oxygen atoms in total. The first-order valence-electron chi connectivity index (χ1n) is 10.2. The summed E-state index contributed by atoms with van der Waals surface area (Å²) >= 11 is 0. The Hall–Kier alpha value is 2.74. The summed E-state index contributed by atoms with van der Waals surface area (Å²) in [5, 5.41) is 0. The second-order valence-corrected chi connectivity index (χ2v) is 12.6. The van der Waals surface area contributed by atoms with Crippen molar-refractivity contribution in [2.24, 2.45) is 0 Å². The Balaban J connectivity index is -0.00000120. The number of hydrogen-bond acceptors (Lipinski definition) is 6. The third kappa shape index (κ3) is 15.9. The van der Waals surface area contributed by atoms with Crippen LogP contribution in [0.1, 0.15) is 65.0 Å². The fraction of sp³-hybridized carbons (Fsp3) is 0.478. The summed E-state index contributed by atoms with van der Waals surface area (Å²) < 4.78 is 24.3. The van der Waals surface area contributed by atoms with E-state index in [0.29, 0.717) is 24.8 Å². The maximum absolute atomic E-state index is 12.2. The first kappa shape index (κ1) is 44.7. The van der Waals surface area contributed by atoms with Crippen LogP contribution in [0.2, 0.25) is 0 Å². The molecule has 0 spiro atoms. The fourth-order valence-electron chi connectivity index (χ4n) is 3.18. The molecule has 0 atom stereocenters. The average Bonchev–Trinajstić information content (AvgIpc) is 2.61. The molecule has 12 heteroatoms. The van der Waals surface area contributed by atoms with E-state index in [1.807, 2.05) is 45.9 Å². The average molecular weight is 558 g/mol. The summed E-state index contributed by atoms with van der Waals surface area (Å²) in [6, 6.07) is 6.66. The molecule has 0 amide bonds. The van der Waals surface area contributed by atoms with E-state index in [1.54, 1.807) is 19.1 Å². The maximum atomic E-state index is 12.2. The molecular weight excluding hydrogens is 526 g/mol. The zero-order valence-corrected chi connectivity index (χ0v) is 32.7. The molecule has 1 aromatic rings. The maximum Gasteiger partial charge on any atom is 1.00 e. The van der Waals surface area contributed by atoms with E-state index in [-0.39, 0.29) is 118 Å². The van der Waals surface area contributed by atoms with Crippen LogP contribution in [0.25, 0.3) is 0 Å². The van der Waals surface area contributed by atoms with E-state index in [0.717, 1.165) is 22.3 Å². The molecule has 0 aliphatic heterocycles. The van der Waals surface area contributed by atoms with Gasteiger partial charge in [-0.2, -0.15) is 0 Å². The monoisotopic (exact) mass is 558 g/mol. The van der Waals surface area contributed by atoms with Gasteiger partial charge in [-0.05, 0) is 77.8 Å². The van der Waals surface area contributed by atoms with Crippen LogP contribution in [0.3, 0.4) is 0 Å². The normalized spacial score (nSPS) is 11.6. The number of rotatable bonds is 11. The van der Waals surface area contributed by atoms with Crippen LogP contribution in [0, 0.1) is 0 Å². The van der Waals surface area contributed by atoms with Gasteiger partial charge in [0.1, 0.15) is 0 Å². The Morgan fingerprint density at radius 3 is 1.74 bits per heavy atom. The zero-order chi connectivity index (χ0) is 23.9. The Morgan fingerprint density at radius 2 is 1.29 bits per heavy atom. The summed E-state index contributed by atoms with van der Waals surface area (Å²) in [6.07, 6.45) is 5.90. The molecule has 0 saturated heterocycles. The van der Waals surface area contributed by atoms with E-state index in [1.165, 1.54) is 12.1 Å². The van der Waals surface area contributed by atoms with Crippen LogP contribution in [0.4, 0.5) is 0 Å². The smallest absolute Gasteiger partial charge is 0.810 e. The molecule has 0 saturated carbocycles. The minimum atomic E-state index is -5.79. The topological polar surface area (TPSA) is 126 Å². The summed E-state index contributed by atoms with van der Waals surface area (Å²) in [5.74, 6) is 0. The molecule has 1 rings (SSSR count). The van der Waals surface area contributed by atoms with Gasteiger partial charge in [-0.1, -0.05) is 74.4 Å². The van der Waals surface area contributed by atoms with Crippen LogP contribution in [0.15, 0.2) is 59.2 Å². The van der Waals surface area contributed by atoms with Crippen LogP contribution >= 0.6 is 15.2 Å². The van der Waals surface area contributed by atoms with Gasteiger partial charge in [0.2, 0.25) is 0 Å². The van der Waals surface area contributed by atoms with Crippen molar-refractivity contribution in [1.29, 1.82) is 0 Å². The molecule has 0 heterocycles. The standard InChI is InChI=1S/C23H36O6P2.4Na/c1-18(2)8-6-9-20(5)14-15-23(30(24,25)26,31(27,28)29)17-22-11-7-10-21(16-22)13-12-19(3)4;;;;/h7-8,10-12,14,16H,6,9,13,15,17H2,1-5H3,(H2,24,25,26)(H2,27,28,29);;;;/q;4*+1/p-4/b20-14+;;;;. The van der Waals surface area contributed by atoms with E-state index in [9.17, 15) is 28.7 Å². The van der Waals surface area contributed by atoms with Gasteiger partial charge >= 0.3 is 118 Å². The summed E-state index contributed by atoms with van der Waals surface area (Å²) in [5.41, 5.74) is 4.11. The molecule has 0 radical (unpaired) electrons. The van der Waals surface area contributed by atoms with Crippen molar-refractivity contribution in [3.63, 3.8) is 0 Å². The minimum absolute atomic E-state index is 0. The minimum Gasteiger partial charge on any atom is -0.810 e. The summed E-state index contributed by atoms with van der Waals surface area (Å²) in [7, 11) is -11.6. The van der Waals surface area contributed by atoms with Gasteiger partial charge in [0, 0.05) is 4.90 Å². The molecule has 0 fully saturated rings. The van der Waals surface area contributed by atoms with Crippen molar-refractivity contribution in [2.45, 2.75) is 71.6 Å². The van der Waals surface area contributed by atoms with E-state index >= 15 is 0 Å². The van der Waals surface area contributed by atoms with Gasteiger partial charge in [-0.3, -0.25) is 0 Å². The van der Waals surface area contributed by atoms with Gasteiger partial charge < -0.3 is 28.7 Å². The molecule has 1 aromatic carbocycles. The number of allylic oxidation sites excluding steroid dienone is 6. The fourth-order valence-corrected chi connectivity index (χ4v) is 5.77. The third-order valence-corrected chi connectivity index (χ3v) is 9.30. The van der Waals surface area contributed by atoms with E-state index in [2.05, 4.69) is 0 Å². The molecule has 0 bridgehead atoms. The zero-order valence-electron chi connectivity index (χ0n) is 22.9. The first-order valence-corrected chi connectivity index (χ1v) is 13.3. The molecule has 35 heavy (non-hydrogen) atoms. The van der Waals surface area contributed by atoms with Crippen LogP contribution < -0.4 is 138 Å². The van der Waals surface area contributed by atoms with Crippen LogP contribution in [-0.2, 0) is 22.0 Å². The quantitative estimate of drug-likeness (QED) is 0.151. The second kappa shape index (κ2) is 20.6. The van der Waals surface area contributed by atoms with E-state index < -0.39 is 32.9 Å². The predicted octanol–water partition coefficient (Wildman–Crippen LogP) is -8.64. The molecule has 0 aliphatic carbocycles. The van der Waals surface area contributed by atoms with Crippen molar-refractivity contribution >= 4 is 15.2 Å². The van der Waals surface area contributed by atoms with Crippen molar-refractivity contribution in [3.05, 3.63) is 70.3 Å². The van der Waals surface area contributed by atoms with Crippen molar-refractivity contribution in [2.75, 3.05) is 0 Å². The van der Waals surface area contributed by atoms with Gasteiger partial charge in [0.15, 0.2) is 0 Å². The molecular formula is C23H32Na4O6P2. The SMILES string of the molecule is CC(C)=CCC/C(C)=C/CC(Cc1cccc(CC=C(C)C)c1)(P(=O)([O-])[O-])P(=O)([O-])[O-].[Na+].[Na+].[Na+].[Na+]. The number of benzene rings is 1. The largest absolute Gasteiger partial charge is 1.00 e. The van der Waals surface area contributed by atoms with Crippen molar-refractivity contribution < 1.29 is 147 Å². The first-order chi connectivity index (χ1) is 14.2. The number of hydrogen-bond donors (Lipinski definition) is 0. The van der Waals surface area contributed by atoms with Gasteiger partial charge in [0.05, 0.1) is 0 Å². The second-order valence-electron chi connectivity index (χ2n) is 8.53. The predicted molar refractivity (Wildman–Crippen MR) is 118 cm³/mol. The van der Waals surface area contributed by atoms with Crippen molar-refractivity contribution in [1.82, 2.24) is 0 Å². The van der Waals surface area contributed by atoms with E-state index in [4.69, 9.17) is 0 Å². The van der Waals surface area contributed by atoms with Crippen molar-refractivity contribution in [3.8, 4) is 0 Å². The van der Waals surface area contributed by atoms with Crippen LogP contribution in [0.5, 0.6) is 0 Å². The Labute approximate surface area is 299 Å². The molecule has 0 N–H and O–H groups in total. The summed E-state index contributed by atoms with van der Waals surface area (Å²) in [6.45, 7) is 9.51. The summed E-state index contributed by atoms with van der Waals surface area (Å²) in [4.78, 5) is 45.8. The van der Waals surface area contributed by atoms with Crippen LogP contribution in [-0.4, -0.2) is 4.90 Å². The molecule has 174 valence electrons. The van der Waals surface area contributed by atoms with Gasteiger partial charge in [-0.25, -0.2) is 0 Å².